The molecule has 0 saturated heterocycles. The maximum atomic E-state index is 11.7. The number of nitrogens with two attached hydrogens (primary N) is 1. The molecule has 0 spiro atoms. The van der Waals surface area contributed by atoms with Crippen molar-refractivity contribution in [2.75, 3.05) is 12.8 Å². The van der Waals surface area contributed by atoms with Crippen LogP contribution in [0.5, 0.6) is 5.75 Å². The van der Waals surface area contributed by atoms with Crippen LogP contribution < -0.4 is 16.0 Å². The van der Waals surface area contributed by atoms with Crippen LogP contribution in [-0.2, 0) is 6.54 Å². The third-order valence-corrected chi connectivity index (χ3v) is 2.68. The molecule has 0 aliphatic rings. The molecule has 1 aromatic carbocycles. The first-order valence-corrected chi connectivity index (χ1v) is 5.68. The fourth-order valence-corrected chi connectivity index (χ4v) is 1.76. The van der Waals surface area contributed by atoms with Crippen LogP contribution in [0.2, 0.25) is 0 Å². The number of methoxy groups -OCH3 is 1. The van der Waals surface area contributed by atoms with Crippen LogP contribution in [0.1, 0.15) is 6.92 Å². The van der Waals surface area contributed by atoms with Gasteiger partial charge in [0.25, 0.3) is 5.56 Å². The highest BCUT2D eigenvalue weighted by atomic mass is 16.5. The van der Waals surface area contributed by atoms with E-state index < -0.39 is 0 Å². The van der Waals surface area contributed by atoms with Crippen molar-refractivity contribution < 1.29 is 4.74 Å². The molecule has 1 heterocycles. The van der Waals surface area contributed by atoms with Gasteiger partial charge in [-0.05, 0) is 25.1 Å². The zero-order chi connectivity index (χ0) is 13.1. The van der Waals surface area contributed by atoms with Crippen LogP contribution >= 0.6 is 0 Å². The number of anilines is 1. The van der Waals surface area contributed by atoms with Gasteiger partial charge in [-0.25, -0.2) is 4.68 Å². The zero-order valence-corrected chi connectivity index (χ0v) is 10.4. The van der Waals surface area contributed by atoms with Crippen LogP contribution in [-0.4, -0.2) is 16.9 Å². The Kier molecular flexibility index (Phi) is 3.32. The zero-order valence-electron chi connectivity index (χ0n) is 10.4. The number of hydrogen-bond acceptors (Lipinski definition) is 4. The molecule has 0 radical (unpaired) electrons. The minimum atomic E-state index is -0.267. The number of aryl methyl sites for hydroxylation is 1. The van der Waals surface area contributed by atoms with E-state index in [-0.39, 0.29) is 11.2 Å². The first-order valence-electron chi connectivity index (χ1n) is 5.68. The van der Waals surface area contributed by atoms with Crippen molar-refractivity contribution in [2.24, 2.45) is 0 Å². The second-order valence-corrected chi connectivity index (χ2v) is 3.81. The Bertz CT molecular complexity index is 620. The Balaban J connectivity index is 2.64. The van der Waals surface area contributed by atoms with Gasteiger partial charge in [-0.3, -0.25) is 4.79 Å². The highest BCUT2D eigenvalue weighted by Gasteiger charge is 2.10. The summed E-state index contributed by atoms with van der Waals surface area (Å²) < 4.78 is 6.62. The first kappa shape index (κ1) is 12.2. The average molecular weight is 245 g/mol. The highest BCUT2D eigenvalue weighted by molar-refractivity contribution is 5.68. The lowest BCUT2D eigenvalue weighted by atomic mass is 10.1. The molecule has 2 N–H and O–H groups in total. The molecule has 2 aromatic rings. The summed E-state index contributed by atoms with van der Waals surface area (Å²) in [6.07, 6.45) is 0. The van der Waals surface area contributed by atoms with E-state index in [0.717, 1.165) is 5.56 Å². The molecule has 0 saturated carbocycles. The molecule has 0 atom stereocenters. The topological polar surface area (TPSA) is 70.1 Å². The monoisotopic (exact) mass is 245 g/mol. The smallest absolute Gasteiger partial charge is 0.289 e. The normalized spacial score (nSPS) is 10.3. The first-order chi connectivity index (χ1) is 8.67. The number of benzene rings is 1. The SMILES string of the molecule is CCn1nc(-c2ccccc2OC)cc(N)c1=O. The molecule has 0 unspecified atom stereocenters. The Morgan fingerprint density at radius 3 is 2.78 bits per heavy atom. The van der Waals surface area contributed by atoms with E-state index in [1.54, 1.807) is 13.2 Å². The van der Waals surface area contributed by atoms with Gasteiger partial charge in [-0.15, -0.1) is 0 Å². The van der Waals surface area contributed by atoms with Gasteiger partial charge in [0.1, 0.15) is 11.4 Å². The standard InChI is InChI=1S/C13H15N3O2/c1-3-16-13(17)10(14)8-11(15-16)9-6-4-5-7-12(9)18-2/h4-8H,3,14H2,1-2H3. The number of para-hydroxylation sites is 1. The quantitative estimate of drug-likeness (QED) is 0.890. The predicted octanol–water partition coefficient (Wildman–Crippen LogP) is 1.52. The second-order valence-electron chi connectivity index (χ2n) is 3.81. The molecule has 1 aromatic heterocycles. The Morgan fingerprint density at radius 2 is 2.11 bits per heavy atom. The van der Waals surface area contributed by atoms with Crippen molar-refractivity contribution >= 4 is 5.69 Å². The lowest BCUT2D eigenvalue weighted by Gasteiger charge is -2.10. The second kappa shape index (κ2) is 4.91. The summed E-state index contributed by atoms with van der Waals surface area (Å²) in [5.41, 5.74) is 7.08. The summed E-state index contributed by atoms with van der Waals surface area (Å²) in [5.74, 6) is 0.700. The summed E-state index contributed by atoms with van der Waals surface area (Å²) >= 11 is 0. The van der Waals surface area contributed by atoms with E-state index in [9.17, 15) is 4.79 Å². The summed E-state index contributed by atoms with van der Waals surface area (Å²) in [6.45, 7) is 2.33. The van der Waals surface area contributed by atoms with Gasteiger partial charge in [0.15, 0.2) is 0 Å². The van der Waals surface area contributed by atoms with Gasteiger partial charge >= 0.3 is 0 Å². The molecule has 0 aliphatic heterocycles. The van der Waals surface area contributed by atoms with Crippen molar-refractivity contribution in [1.82, 2.24) is 9.78 Å². The lowest BCUT2D eigenvalue weighted by Crippen LogP contribution is -2.25. The fourth-order valence-electron chi connectivity index (χ4n) is 1.76. The maximum absolute atomic E-state index is 11.7. The highest BCUT2D eigenvalue weighted by Crippen LogP contribution is 2.27. The van der Waals surface area contributed by atoms with E-state index in [4.69, 9.17) is 10.5 Å². The Labute approximate surface area is 105 Å². The minimum Gasteiger partial charge on any atom is -0.496 e. The van der Waals surface area contributed by atoms with Crippen molar-refractivity contribution in [3.63, 3.8) is 0 Å². The third kappa shape index (κ3) is 2.07. The van der Waals surface area contributed by atoms with E-state index in [2.05, 4.69) is 5.10 Å². The molecule has 5 nitrogen and oxygen atoms in total. The van der Waals surface area contributed by atoms with Crippen molar-refractivity contribution in [3.8, 4) is 17.0 Å². The van der Waals surface area contributed by atoms with Gasteiger partial charge in [0.2, 0.25) is 0 Å². The summed E-state index contributed by atoms with van der Waals surface area (Å²) in [7, 11) is 1.60. The summed E-state index contributed by atoms with van der Waals surface area (Å²) in [5, 5.41) is 4.27. The Morgan fingerprint density at radius 1 is 1.39 bits per heavy atom. The maximum Gasteiger partial charge on any atom is 0.289 e. The van der Waals surface area contributed by atoms with Crippen molar-refractivity contribution in [1.29, 1.82) is 0 Å². The van der Waals surface area contributed by atoms with Gasteiger partial charge < -0.3 is 10.5 Å². The molecule has 2 rings (SSSR count). The molecular weight excluding hydrogens is 230 g/mol. The van der Waals surface area contributed by atoms with Gasteiger partial charge in [-0.2, -0.15) is 5.10 Å². The van der Waals surface area contributed by atoms with Crippen LogP contribution in [0.25, 0.3) is 11.3 Å². The number of nitrogens with zero attached hydrogens (tertiary/aromatic N) is 2. The van der Waals surface area contributed by atoms with E-state index in [1.807, 2.05) is 31.2 Å². The third-order valence-electron chi connectivity index (χ3n) is 2.68. The molecule has 0 fully saturated rings. The van der Waals surface area contributed by atoms with Crippen LogP contribution in [0.4, 0.5) is 5.69 Å². The molecule has 94 valence electrons. The van der Waals surface area contributed by atoms with Gasteiger partial charge in [0, 0.05) is 12.1 Å². The molecule has 0 bridgehead atoms. The Hall–Kier alpha value is -2.30. The van der Waals surface area contributed by atoms with Gasteiger partial charge in [-0.1, -0.05) is 12.1 Å². The molecule has 5 heteroatoms. The van der Waals surface area contributed by atoms with Crippen molar-refractivity contribution in [2.45, 2.75) is 13.5 Å². The lowest BCUT2D eigenvalue weighted by molar-refractivity contribution is 0.416. The molecular formula is C13H15N3O2. The fraction of sp³-hybridized carbons (Fsp3) is 0.231. The number of hydrogen-bond donors (Lipinski definition) is 1. The minimum absolute atomic E-state index is 0.188. The average Bonchev–Trinajstić information content (AvgIpc) is 2.41. The van der Waals surface area contributed by atoms with Gasteiger partial charge in [0.05, 0.1) is 12.8 Å². The van der Waals surface area contributed by atoms with Crippen LogP contribution in [0.3, 0.4) is 0 Å². The van der Waals surface area contributed by atoms with E-state index >= 15 is 0 Å². The largest absolute Gasteiger partial charge is 0.496 e. The van der Waals surface area contributed by atoms with Crippen molar-refractivity contribution in [3.05, 3.63) is 40.7 Å². The number of rotatable bonds is 3. The summed E-state index contributed by atoms with van der Waals surface area (Å²) in [6, 6.07) is 9.06. The van der Waals surface area contributed by atoms with E-state index in [0.29, 0.717) is 18.0 Å². The van der Waals surface area contributed by atoms with E-state index in [1.165, 1.54) is 4.68 Å². The summed E-state index contributed by atoms with van der Waals surface area (Å²) in [4.78, 5) is 11.7. The molecule has 18 heavy (non-hydrogen) atoms. The molecule has 0 aliphatic carbocycles. The number of ether oxygens (including phenoxy) is 1. The van der Waals surface area contributed by atoms with Crippen LogP contribution in [0, 0.1) is 0 Å². The molecule has 0 amide bonds. The number of nitrogen functional groups attached to an aromatic ring is 1. The predicted molar refractivity (Wildman–Crippen MR) is 70.6 cm³/mol. The van der Waals surface area contributed by atoms with Crippen LogP contribution in [0.15, 0.2) is 35.1 Å². The number of aromatic nitrogens is 2.